The Kier molecular flexibility index (Phi) is 5.12. The molecule has 136 valence electrons. The number of carbonyl (C=O) groups excluding carboxylic acids is 1. The first-order valence-corrected chi connectivity index (χ1v) is 9.93. The van der Waals surface area contributed by atoms with Crippen molar-refractivity contribution < 1.29 is 4.79 Å². The number of allylic oxidation sites excluding steroid dienone is 2. The number of H-pyrrole nitrogens is 1. The quantitative estimate of drug-likeness (QED) is 0.601. The highest BCUT2D eigenvalue weighted by Gasteiger charge is 2.19. The predicted octanol–water partition coefficient (Wildman–Crippen LogP) is 5.22. The molecule has 3 heterocycles. The van der Waals surface area contributed by atoms with E-state index in [1.165, 1.54) is 5.56 Å². The summed E-state index contributed by atoms with van der Waals surface area (Å²) in [5, 5.41) is 7.65. The third-order valence-electron chi connectivity index (χ3n) is 4.64. The minimum atomic E-state index is 0.125. The molecular formula is C22H21N3OS. The van der Waals surface area contributed by atoms with Gasteiger partial charge in [-0.1, -0.05) is 30.3 Å². The SMILES string of the molecule is Cc1ccc(C(=O)CC2=C(c3cc(Cc4ccccc4)[nH]n3)CCC=N2)s1. The molecule has 1 N–H and O–H groups in total. The van der Waals surface area contributed by atoms with Gasteiger partial charge in [-0.3, -0.25) is 14.9 Å². The van der Waals surface area contributed by atoms with Crippen LogP contribution in [0.2, 0.25) is 0 Å². The van der Waals surface area contributed by atoms with E-state index in [9.17, 15) is 4.79 Å². The van der Waals surface area contributed by atoms with Crippen LogP contribution in [0.4, 0.5) is 0 Å². The van der Waals surface area contributed by atoms with Crippen LogP contribution >= 0.6 is 11.3 Å². The number of aliphatic imine (C=N–C) groups is 1. The maximum absolute atomic E-state index is 12.6. The smallest absolute Gasteiger partial charge is 0.178 e. The molecule has 27 heavy (non-hydrogen) atoms. The van der Waals surface area contributed by atoms with Crippen molar-refractivity contribution in [1.29, 1.82) is 0 Å². The van der Waals surface area contributed by atoms with Crippen LogP contribution in [0, 0.1) is 6.92 Å². The number of rotatable bonds is 6. The molecule has 0 radical (unpaired) electrons. The lowest BCUT2D eigenvalue weighted by molar-refractivity contribution is 0.0996. The second-order valence-electron chi connectivity index (χ2n) is 6.73. The molecule has 4 rings (SSSR count). The van der Waals surface area contributed by atoms with Gasteiger partial charge in [-0.2, -0.15) is 5.10 Å². The van der Waals surface area contributed by atoms with Crippen LogP contribution in [0.5, 0.6) is 0 Å². The second-order valence-corrected chi connectivity index (χ2v) is 8.01. The fourth-order valence-corrected chi connectivity index (χ4v) is 4.09. The van der Waals surface area contributed by atoms with Crippen LogP contribution in [-0.2, 0) is 6.42 Å². The molecule has 3 aromatic rings. The van der Waals surface area contributed by atoms with Gasteiger partial charge in [-0.15, -0.1) is 11.3 Å². The van der Waals surface area contributed by atoms with E-state index >= 15 is 0 Å². The highest BCUT2D eigenvalue weighted by atomic mass is 32.1. The highest BCUT2D eigenvalue weighted by molar-refractivity contribution is 7.14. The first-order valence-electron chi connectivity index (χ1n) is 9.12. The van der Waals surface area contributed by atoms with Gasteiger partial charge in [0, 0.05) is 28.8 Å². The standard InChI is InChI=1S/C22H21N3OS/c1-15-9-10-22(27-15)21(26)14-19-18(8-5-11-23-19)20-13-17(24-25-20)12-16-6-3-2-4-7-16/h2-4,6-7,9-11,13H,5,8,12,14H2,1H3,(H,24,25). The number of thiophene rings is 1. The Balaban J connectivity index is 1.56. The summed E-state index contributed by atoms with van der Waals surface area (Å²) in [7, 11) is 0. The van der Waals surface area contributed by atoms with E-state index in [4.69, 9.17) is 0 Å². The van der Waals surface area contributed by atoms with Gasteiger partial charge < -0.3 is 0 Å². The van der Waals surface area contributed by atoms with Crippen molar-refractivity contribution in [3.8, 4) is 0 Å². The second kappa shape index (κ2) is 7.84. The molecule has 4 nitrogen and oxygen atoms in total. The molecule has 5 heteroatoms. The van der Waals surface area contributed by atoms with Gasteiger partial charge >= 0.3 is 0 Å². The number of hydrogen-bond donors (Lipinski definition) is 1. The van der Waals surface area contributed by atoms with E-state index < -0.39 is 0 Å². The lowest BCUT2D eigenvalue weighted by Crippen LogP contribution is -2.04. The van der Waals surface area contributed by atoms with Crippen molar-refractivity contribution in [3.05, 3.63) is 80.9 Å². The Bertz CT molecular complexity index is 1010. The van der Waals surface area contributed by atoms with Gasteiger partial charge in [0.2, 0.25) is 0 Å². The van der Waals surface area contributed by atoms with Crippen LogP contribution in [0.1, 0.15) is 50.8 Å². The molecule has 1 aliphatic rings. The fraction of sp³-hybridized carbons (Fsp3) is 0.227. The Morgan fingerprint density at radius 2 is 2.04 bits per heavy atom. The Hall–Kier alpha value is -2.79. The van der Waals surface area contributed by atoms with Gasteiger partial charge in [0.1, 0.15) is 0 Å². The van der Waals surface area contributed by atoms with Gasteiger partial charge in [0.05, 0.1) is 22.7 Å². The molecule has 0 saturated carbocycles. The summed E-state index contributed by atoms with van der Waals surface area (Å²) in [5.74, 6) is 0.125. The van der Waals surface area contributed by atoms with Crippen molar-refractivity contribution in [2.24, 2.45) is 4.99 Å². The lowest BCUT2D eigenvalue weighted by atomic mass is 9.98. The average Bonchev–Trinajstić information content (AvgIpc) is 3.32. The minimum Gasteiger partial charge on any atom is -0.293 e. The van der Waals surface area contributed by atoms with Crippen molar-refractivity contribution >= 4 is 28.9 Å². The summed E-state index contributed by atoms with van der Waals surface area (Å²) in [6, 6.07) is 16.3. The summed E-state index contributed by atoms with van der Waals surface area (Å²) in [6.07, 6.45) is 4.79. The molecule has 0 spiro atoms. The topological polar surface area (TPSA) is 58.1 Å². The number of nitrogens with one attached hydrogen (secondary N) is 1. The number of benzene rings is 1. The van der Waals surface area contributed by atoms with Gasteiger partial charge in [0.15, 0.2) is 5.78 Å². The molecule has 0 atom stereocenters. The number of aromatic nitrogens is 2. The number of carbonyl (C=O) groups is 1. The van der Waals surface area contributed by atoms with Crippen molar-refractivity contribution in [2.45, 2.75) is 32.6 Å². The third kappa shape index (κ3) is 4.14. The lowest BCUT2D eigenvalue weighted by Gasteiger charge is -2.12. The van der Waals surface area contributed by atoms with Gasteiger partial charge in [0.25, 0.3) is 0 Å². The van der Waals surface area contributed by atoms with Crippen molar-refractivity contribution in [1.82, 2.24) is 10.2 Å². The number of nitrogens with zero attached hydrogens (tertiary/aromatic N) is 2. The van der Waals surface area contributed by atoms with E-state index in [-0.39, 0.29) is 5.78 Å². The minimum absolute atomic E-state index is 0.125. The number of aryl methyl sites for hydroxylation is 1. The van der Waals surface area contributed by atoms with Crippen molar-refractivity contribution in [3.63, 3.8) is 0 Å². The Labute approximate surface area is 162 Å². The molecule has 0 aliphatic carbocycles. The monoisotopic (exact) mass is 375 g/mol. The maximum Gasteiger partial charge on any atom is 0.178 e. The first-order chi connectivity index (χ1) is 13.2. The number of aromatic amines is 1. The van der Waals surface area contributed by atoms with Gasteiger partial charge in [-0.05, 0) is 43.5 Å². The van der Waals surface area contributed by atoms with Crippen molar-refractivity contribution in [2.75, 3.05) is 0 Å². The zero-order valence-electron chi connectivity index (χ0n) is 15.2. The number of Topliss-reactive ketones (excluding diaryl/α,β-unsaturated/α-hetero) is 1. The van der Waals surface area contributed by atoms with E-state index in [1.807, 2.05) is 43.5 Å². The summed E-state index contributed by atoms with van der Waals surface area (Å²) < 4.78 is 0. The van der Waals surface area contributed by atoms with E-state index in [0.29, 0.717) is 6.42 Å². The largest absolute Gasteiger partial charge is 0.293 e. The average molecular weight is 375 g/mol. The first kappa shape index (κ1) is 17.6. The molecule has 0 bridgehead atoms. The summed E-state index contributed by atoms with van der Waals surface area (Å²) in [5.41, 5.74) is 5.14. The summed E-state index contributed by atoms with van der Waals surface area (Å²) in [6.45, 7) is 2.02. The Morgan fingerprint density at radius 1 is 1.19 bits per heavy atom. The molecule has 1 aliphatic heterocycles. The van der Waals surface area contributed by atoms with Gasteiger partial charge in [-0.25, -0.2) is 0 Å². The van der Waals surface area contributed by atoms with Crippen LogP contribution in [0.25, 0.3) is 5.57 Å². The summed E-state index contributed by atoms with van der Waals surface area (Å²) in [4.78, 5) is 19.1. The molecule has 0 fully saturated rings. The molecule has 2 aromatic heterocycles. The van der Waals surface area contributed by atoms with Crippen LogP contribution in [-0.4, -0.2) is 22.2 Å². The molecular weight excluding hydrogens is 354 g/mol. The molecule has 0 saturated heterocycles. The molecule has 0 unspecified atom stereocenters. The third-order valence-corrected chi connectivity index (χ3v) is 5.68. The van der Waals surface area contributed by atoms with E-state index in [2.05, 4.69) is 33.4 Å². The number of ketones is 1. The maximum atomic E-state index is 12.6. The van der Waals surface area contributed by atoms with Crippen LogP contribution in [0.3, 0.4) is 0 Å². The predicted molar refractivity (Wildman–Crippen MR) is 110 cm³/mol. The van der Waals surface area contributed by atoms with Crippen LogP contribution < -0.4 is 0 Å². The normalized spacial score (nSPS) is 14.0. The zero-order chi connectivity index (χ0) is 18.6. The number of hydrogen-bond acceptors (Lipinski definition) is 4. The molecule has 0 amide bonds. The van der Waals surface area contributed by atoms with E-state index in [1.54, 1.807) is 11.3 Å². The fourth-order valence-electron chi connectivity index (χ4n) is 3.28. The molecule has 1 aromatic carbocycles. The van der Waals surface area contributed by atoms with E-state index in [0.717, 1.165) is 51.7 Å². The Morgan fingerprint density at radius 3 is 2.81 bits per heavy atom. The highest BCUT2D eigenvalue weighted by Crippen LogP contribution is 2.30. The van der Waals surface area contributed by atoms with Crippen LogP contribution in [0.15, 0.2) is 59.2 Å². The zero-order valence-corrected chi connectivity index (χ0v) is 16.1. The summed E-state index contributed by atoms with van der Waals surface area (Å²) >= 11 is 1.54.